The molecule has 12 aromatic rings. The molecule has 11 aromatic carbocycles. The molecule has 0 bridgehead atoms. The standard InChI is InChI=1S/C65H47NO/c1-65-58(30-16-31-59(65)56-39-43-19-5-6-20-46(43)48-21-7-8-22-49(48)56)55-29-15-28-47(64(55)67-65)44-35-38-61-57(40-44)50-23-13-14-32-60(50)66(61)45-36-33-42(34-37-45)63-53-26-11-9-24-51(53)62(41-17-3-2-4-18-41)52-25-10-12-27-54(52)63/h2-15,17-29,32-40,58-59H,16,30-31H2,1H3. The van der Waals surface area contributed by atoms with Crippen LogP contribution in [0.4, 0.5) is 0 Å². The van der Waals surface area contributed by atoms with E-state index in [9.17, 15) is 0 Å². The number of fused-ring (bicyclic) bond motifs is 11. The van der Waals surface area contributed by atoms with Gasteiger partial charge in [-0.3, -0.25) is 0 Å². The molecule has 0 amide bonds. The Balaban J connectivity index is 0.865. The maximum Gasteiger partial charge on any atom is 0.131 e. The molecule has 2 heterocycles. The minimum absolute atomic E-state index is 0.263. The van der Waals surface area contributed by atoms with Crippen molar-refractivity contribution in [3.63, 3.8) is 0 Å². The zero-order valence-corrected chi connectivity index (χ0v) is 37.4. The highest BCUT2D eigenvalue weighted by atomic mass is 16.5. The average molecular weight is 858 g/mol. The minimum atomic E-state index is -0.364. The van der Waals surface area contributed by atoms with E-state index < -0.39 is 0 Å². The fourth-order valence-corrected chi connectivity index (χ4v) is 12.7. The van der Waals surface area contributed by atoms with Crippen molar-refractivity contribution in [1.29, 1.82) is 0 Å². The molecule has 14 rings (SSSR count). The lowest BCUT2D eigenvalue weighted by molar-refractivity contribution is 0.0322. The Bertz CT molecular complexity index is 3900. The Kier molecular flexibility index (Phi) is 8.46. The first-order valence-electron chi connectivity index (χ1n) is 24.0. The van der Waals surface area contributed by atoms with Gasteiger partial charge in [0.25, 0.3) is 0 Å². The molecule has 1 fully saturated rings. The zero-order valence-electron chi connectivity index (χ0n) is 37.4. The van der Waals surface area contributed by atoms with Crippen LogP contribution in [0.5, 0.6) is 5.75 Å². The summed E-state index contributed by atoms with van der Waals surface area (Å²) < 4.78 is 9.95. The molecule has 1 saturated carbocycles. The van der Waals surface area contributed by atoms with Crippen LogP contribution in [0.25, 0.3) is 104 Å². The largest absolute Gasteiger partial charge is 0.485 e. The second kappa shape index (κ2) is 14.8. The lowest BCUT2D eigenvalue weighted by Gasteiger charge is -2.43. The first-order chi connectivity index (χ1) is 33.1. The summed E-state index contributed by atoms with van der Waals surface area (Å²) in [5, 5.41) is 12.9. The summed E-state index contributed by atoms with van der Waals surface area (Å²) in [6.45, 7) is 2.40. The quantitative estimate of drug-likeness (QED) is 0.124. The van der Waals surface area contributed by atoms with Crippen LogP contribution < -0.4 is 4.74 Å². The van der Waals surface area contributed by atoms with Crippen molar-refractivity contribution in [3.8, 4) is 44.8 Å². The molecular weight excluding hydrogens is 811 g/mol. The molecule has 67 heavy (non-hydrogen) atoms. The van der Waals surface area contributed by atoms with Crippen LogP contribution in [-0.4, -0.2) is 10.2 Å². The maximum atomic E-state index is 7.51. The molecule has 0 N–H and O–H groups in total. The summed E-state index contributed by atoms with van der Waals surface area (Å²) in [7, 11) is 0. The SMILES string of the molecule is CC12Oc3c(-c4ccc5c(c4)c4ccccc4n5-c4ccc(-c5c6ccccc6c(-c6ccccc6)c6ccccc56)cc4)cccc3C1CCCC2c1cc2ccccc2c2ccccc12. The number of aromatic nitrogens is 1. The Labute approximate surface area is 390 Å². The molecule has 1 aliphatic carbocycles. The predicted octanol–water partition coefficient (Wildman–Crippen LogP) is 17.6. The Morgan fingerprint density at radius 1 is 0.403 bits per heavy atom. The van der Waals surface area contributed by atoms with Crippen LogP contribution in [0, 0.1) is 0 Å². The molecule has 2 aliphatic rings. The molecular formula is C65H47NO. The van der Waals surface area contributed by atoms with Gasteiger partial charge in [0.1, 0.15) is 11.4 Å². The van der Waals surface area contributed by atoms with Crippen LogP contribution >= 0.6 is 0 Å². The van der Waals surface area contributed by atoms with Crippen molar-refractivity contribution < 1.29 is 4.74 Å². The van der Waals surface area contributed by atoms with Crippen LogP contribution in [0.1, 0.15) is 49.1 Å². The monoisotopic (exact) mass is 857 g/mol. The molecule has 0 saturated heterocycles. The lowest BCUT2D eigenvalue weighted by Crippen LogP contribution is -2.44. The van der Waals surface area contributed by atoms with Crippen molar-refractivity contribution in [2.24, 2.45) is 0 Å². The van der Waals surface area contributed by atoms with Gasteiger partial charge < -0.3 is 9.30 Å². The predicted molar refractivity (Wildman–Crippen MR) is 282 cm³/mol. The lowest BCUT2D eigenvalue weighted by atomic mass is 9.65. The van der Waals surface area contributed by atoms with Crippen molar-refractivity contribution in [2.45, 2.75) is 43.6 Å². The molecule has 3 unspecified atom stereocenters. The van der Waals surface area contributed by atoms with E-state index >= 15 is 0 Å². The number of benzene rings is 11. The first-order valence-corrected chi connectivity index (χ1v) is 24.0. The van der Waals surface area contributed by atoms with Gasteiger partial charge in [0.2, 0.25) is 0 Å². The summed E-state index contributed by atoms with van der Waals surface area (Å²) in [5.41, 5.74) is 13.3. The summed E-state index contributed by atoms with van der Waals surface area (Å²) in [6.07, 6.45) is 3.42. The van der Waals surface area contributed by atoms with E-state index in [4.69, 9.17) is 4.74 Å². The highest BCUT2D eigenvalue weighted by molar-refractivity contribution is 6.21. The normalized spacial score (nSPS) is 17.9. The molecule has 318 valence electrons. The topological polar surface area (TPSA) is 14.2 Å². The van der Waals surface area contributed by atoms with Gasteiger partial charge in [-0.05, 0) is 127 Å². The van der Waals surface area contributed by atoms with E-state index in [2.05, 4.69) is 230 Å². The minimum Gasteiger partial charge on any atom is -0.485 e. The van der Waals surface area contributed by atoms with Crippen molar-refractivity contribution in [3.05, 3.63) is 230 Å². The average Bonchev–Trinajstić information content (AvgIpc) is 3.89. The number of para-hydroxylation sites is 2. The van der Waals surface area contributed by atoms with Crippen molar-refractivity contribution in [1.82, 2.24) is 4.57 Å². The highest BCUT2D eigenvalue weighted by Crippen LogP contribution is 2.60. The van der Waals surface area contributed by atoms with E-state index in [1.807, 2.05) is 0 Å². The molecule has 2 heteroatoms. The smallest absolute Gasteiger partial charge is 0.131 e. The fourth-order valence-electron chi connectivity index (χ4n) is 12.7. The fraction of sp³-hybridized carbons (Fsp3) is 0.108. The Hall–Kier alpha value is -7.94. The number of hydrogen-bond acceptors (Lipinski definition) is 1. The maximum absolute atomic E-state index is 7.51. The number of hydrogen-bond donors (Lipinski definition) is 0. The number of nitrogens with zero attached hydrogens (tertiary/aromatic N) is 1. The van der Waals surface area contributed by atoms with E-state index in [0.29, 0.717) is 5.92 Å². The van der Waals surface area contributed by atoms with Crippen molar-refractivity contribution in [2.75, 3.05) is 0 Å². The second-order valence-electron chi connectivity index (χ2n) is 19.1. The van der Waals surface area contributed by atoms with E-state index in [1.165, 1.54) is 116 Å². The van der Waals surface area contributed by atoms with E-state index in [0.717, 1.165) is 24.3 Å². The van der Waals surface area contributed by atoms with E-state index in [1.54, 1.807) is 0 Å². The van der Waals surface area contributed by atoms with Crippen LogP contribution in [0.3, 0.4) is 0 Å². The third kappa shape index (κ3) is 5.69. The van der Waals surface area contributed by atoms with Crippen LogP contribution in [0.15, 0.2) is 218 Å². The van der Waals surface area contributed by atoms with Gasteiger partial charge in [-0.15, -0.1) is 0 Å². The van der Waals surface area contributed by atoms with Crippen LogP contribution in [-0.2, 0) is 0 Å². The molecule has 2 nitrogen and oxygen atoms in total. The second-order valence-corrected chi connectivity index (χ2v) is 19.1. The molecule has 0 spiro atoms. The zero-order chi connectivity index (χ0) is 44.2. The Morgan fingerprint density at radius 3 is 1.64 bits per heavy atom. The van der Waals surface area contributed by atoms with Crippen molar-refractivity contribution >= 4 is 64.9 Å². The first kappa shape index (κ1) is 38.3. The Morgan fingerprint density at radius 2 is 0.940 bits per heavy atom. The van der Waals surface area contributed by atoms with E-state index in [-0.39, 0.29) is 11.5 Å². The highest BCUT2D eigenvalue weighted by Gasteiger charge is 2.53. The third-order valence-electron chi connectivity index (χ3n) is 15.7. The molecule has 3 atom stereocenters. The summed E-state index contributed by atoms with van der Waals surface area (Å²) >= 11 is 0. The van der Waals surface area contributed by atoms with Gasteiger partial charge in [-0.2, -0.15) is 0 Å². The molecule has 0 radical (unpaired) electrons. The third-order valence-corrected chi connectivity index (χ3v) is 15.7. The summed E-state index contributed by atoms with van der Waals surface area (Å²) in [4.78, 5) is 0. The summed E-state index contributed by atoms with van der Waals surface area (Å²) in [5.74, 6) is 1.64. The van der Waals surface area contributed by atoms with Gasteiger partial charge in [0, 0.05) is 39.4 Å². The molecule has 1 aromatic heterocycles. The number of ether oxygens (including phenoxy) is 1. The van der Waals surface area contributed by atoms with Gasteiger partial charge in [0.15, 0.2) is 0 Å². The molecule has 1 aliphatic heterocycles. The van der Waals surface area contributed by atoms with Gasteiger partial charge in [0.05, 0.1) is 11.0 Å². The summed E-state index contributed by atoms with van der Waals surface area (Å²) in [6, 6.07) is 81.0. The van der Waals surface area contributed by atoms with Gasteiger partial charge in [-0.1, -0.05) is 194 Å². The van der Waals surface area contributed by atoms with Gasteiger partial charge >= 0.3 is 0 Å². The number of rotatable bonds is 5. The van der Waals surface area contributed by atoms with Gasteiger partial charge in [-0.25, -0.2) is 0 Å². The van der Waals surface area contributed by atoms with Crippen LogP contribution in [0.2, 0.25) is 0 Å².